The molecule has 0 aliphatic heterocycles. The summed E-state index contributed by atoms with van der Waals surface area (Å²) >= 11 is 0. The van der Waals surface area contributed by atoms with Crippen molar-refractivity contribution in [3.05, 3.63) is 17.6 Å². The number of carbonyl (C=O) groups is 1. The summed E-state index contributed by atoms with van der Waals surface area (Å²) in [5.41, 5.74) is 0.421. The van der Waals surface area contributed by atoms with Crippen LogP contribution in [0, 0.1) is 0 Å². The summed E-state index contributed by atoms with van der Waals surface area (Å²) < 4.78 is 4.75. The van der Waals surface area contributed by atoms with Gasteiger partial charge in [-0.15, -0.1) is 0 Å². The number of ether oxygens (including phenoxy) is 1. The molecule has 98 valence electrons. The average Bonchev–Trinajstić information content (AvgIpc) is 2.91. The third-order valence-electron chi connectivity index (χ3n) is 3.34. The van der Waals surface area contributed by atoms with Crippen molar-refractivity contribution >= 4 is 11.8 Å². The van der Waals surface area contributed by atoms with Gasteiger partial charge in [0.15, 0.2) is 0 Å². The molecule has 1 aliphatic carbocycles. The Labute approximate surface area is 107 Å². The second-order valence-corrected chi connectivity index (χ2v) is 4.83. The lowest BCUT2D eigenvalue weighted by molar-refractivity contribution is 0.0600. The maximum Gasteiger partial charge on any atom is 0.343 e. The minimum Gasteiger partial charge on any atom is -0.465 e. The van der Waals surface area contributed by atoms with Gasteiger partial charge in [0, 0.05) is 26.2 Å². The molecule has 5 heteroatoms. The zero-order chi connectivity index (χ0) is 13.1. The first-order valence-electron chi connectivity index (χ1n) is 6.26. The van der Waals surface area contributed by atoms with Crippen molar-refractivity contribution in [2.24, 2.45) is 0 Å². The van der Waals surface area contributed by atoms with Crippen molar-refractivity contribution in [2.45, 2.75) is 31.6 Å². The molecule has 0 atom stereocenters. The Morgan fingerprint density at radius 1 is 1.39 bits per heavy atom. The van der Waals surface area contributed by atoms with Crippen molar-refractivity contribution in [1.82, 2.24) is 9.97 Å². The van der Waals surface area contributed by atoms with E-state index >= 15 is 0 Å². The molecule has 0 N–H and O–H groups in total. The molecule has 0 unspecified atom stereocenters. The fourth-order valence-corrected chi connectivity index (χ4v) is 2.36. The Hall–Kier alpha value is -1.65. The van der Waals surface area contributed by atoms with E-state index < -0.39 is 5.97 Å². The van der Waals surface area contributed by atoms with E-state index in [0.717, 1.165) is 18.7 Å². The summed E-state index contributed by atoms with van der Waals surface area (Å²) in [4.78, 5) is 22.3. The molecule has 0 bridgehead atoms. The number of esters is 1. The van der Waals surface area contributed by atoms with Crippen molar-refractivity contribution < 1.29 is 9.53 Å². The maximum absolute atomic E-state index is 11.6. The Morgan fingerprint density at radius 2 is 2.06 bits per heavy atom. The van der Waals surface area contributed by atoms with Crippen LogP contribution in [0.15, 0.2) is 6.20 Å². The molecule has 18 heavy (non-hydrogen) atoms. The summed E-state index contributed by atoms with van der Waals surface area (Å²) in [6, 6.07) is 0. The van der Waals surface area contributed by atoms with Crippen LogP contribution in [0.25, 0.3) is 0 Å². The molecular weight excluding hydrogens is 230 g/mol. The first kappa shape index (κ1) is 12.8. The van der Waals surface area contributed by atoms with Gasteiger partial charge < -0.3 is 9.64 Å². The van der Waals surface area contributed by atoms with Crippen molar-refractivity contribution in [2.75, 3.05) is 26.1 Å². The zero-order valence-corrected chi connectivity index (χ0v) is 11.1. The minimum atomic E-state index is -0.392. The maximum atomic E-state index is 11.6. The van der Waals surface area contributed by atoms with Gasteiger partial charge in [-0.05, 0) is 12.8 Å². The molecule has 2 rings (SSSR count). The summed E-state index contributed by atoms with van der Waals surface area (Å²) in [6.45, 7) is 0. The van der Waals surface area contributed by atoms with Gasteiger partial charge in [0.1, 0.15) is 17.2 Å². The van der Waals surface area contributed by atoms with Crippen LogP contribution in [0.5, 0.6) is 0 Å². The minimum absolute atomic E-state index is 0.392. The summed E-state index contributed by atoms with van der Waals surface area (Å²) in [6.07, 6.45) is 6.35. The molecule has 1 heterocycles. The van der Waals surface area contributed by atoms with E-state index in [1.807, 2.05) is 19.0 Å². The first-order valence-corrected chi connectivity index (χ1v) is 6.26. The number of hydrogen-bond acceptors (Lipinski definition) is 5. The van der Waals surface area contributed by atoms with Gasteiger partial charge in [0.05, 0.1) is 7.11 Å². The molecule has 1 aromatic heterocycles. The normalized spacial score (nSPS) is 15.7. The molecule has 5 nitrogen and oxygen atoms in total. The first-order chi connectivity index (χ1) is 8.63. The Balaban J connectivity index is 2.36. The number of carbonyl (C=O) groups excluding carboxylic acids is 1. The van der Waals surface area contributed by atoms with E-state index in [4.69, 9.17) is 4.74 Å². The molecule has 0 amide bonds. The highest BCUT2D eigenvalue weighted by molar-refractivity contribution is 5.94. The van der Waals surface area contributed by atoms with Crippen LogP contribution in [0.3, 0.4) is 0 Å². The van der Waals surface area contributed by atoms with Gasteiger partial charge in [-0.2, -0.15) is 0 Å². The lowest BCUT2D eigenvalue weighted by Gasteiger charge is -2.17. The summed E-state index contributed by atoms with van der Waals surface area (Å²) in [5.74, 6) is 1.54. The van der Waals surface area contributed by atoms with E-state index in [1.165, 1.54) is 20.0 Å². The van der Waals surface area contributed by atoms with E-state index in [1.54, 1.807) is 6.20 Å². The number of rotatable bonds is 3. The standard InChI is InChI=1S/C13H19N3O2/c1-16(2)12-10(13(17)18-3)8-14-11(15-12)9-6-4-5-7-9/h8-9H,4-7H2,1-3H3. The molecule has 1 fully saturated rings. The molecule has 1 aliphatic rings. The van der Waals surface area contributed by atoms with E-state index in [0.29, 0.717) is 17.3 Å². The Bertz CT molecular complexity index is 440. The fourth-order valence-electron chi connectivity index (χ4n) is 2.36. The third-order valence-corrected chi connectivity index (χ3v) is 3.34. The van der Waals surface area contributed by atoms with Crippen LogP contribution >= 0.6 is 0 Å². The van der Waals surface area contributed by atoms with E-state index in [2.05, 4.69) is 9.97 Å². The highest BCUT2D eigenvalue weighted by atomic mass is 16.5. The topological polar surface area (TPSA) is 55.3 Å². The van der Waals surface area contributed by atoms with Crippen LogP contribution in [0.4, 0.5) is 5.82 Å². The predicted octanol–water partition coefficient (Wildman–Crippen LogP) is 1.99. The SMILES string of the molecule is COC(=O)c1cnc(C2CCCC2)nc1N(C)C. The lowest BCUT2D eigenvalue weighted by Crippen LogP contribution is -2.19. The number of methoxy groups -OCH3 is 1. The predicted molar refractivity (Wildman–Crippen MR) is 68.9 cm³/mol. The zero-order valence-electron chi connectivity index (χ0n) is 11.1. The fraction of sp³-hybridized carbons (Fsp3) is 0.615. The van der Waals surface area contributed by atoms with Crippen LogP contribution in [-0.4, -0.2) is 37.1 Å². The van der Waals surface area contributed by atoms with Gasteiger partial charge in [-0.1, -0.05) is 12.8 Å². The van der Waals surface area contributed by atoms with E-state index in [-0.39, 0.29) is 0 Å². The monoisotopic (exact) mass is 249 g/mol. The third kappa shape index (κ3) is 2.44. The summed E-state index contributed by atoms with van der Waals surface area (Å²) in [7, 11) is 5.10. The number of nitrogens with zero attached hydrogens (tertiary/aromatic N) is 3. The highest BCUT2D eigenvalue weighted by Gasteiger charge is 2.23. The number of aromatic nitrogens is 2. The second-order valence-electron chi connectivity index (χ2n) is 4.83. The van der Waals surface area contributed by atoms with Crippen LogP contribution in [-0.2, 0) is 4.74 Å². The Kier molecular flexibility index (Phi) is 3.79. The molecule has 1 aromatic rings. The van der Waals surface area contributed by atoms with Gasteiger partial charge in [0.2, 0.25) is 0 Å². The van der Waals surface area contributed by atoms with Gasteiger partial charge >= 0.3 is 5.97 Å². The molecular formula is C13H19N3O2. The Morgan fingerprint density at radius 3 is 2.61 bits per heavy atom. The smallest absolute Gasteiger partial charge is 0.343 e. The van der Waals surface area contributed by atoms with Crippen molar-refractivity contribution in [3.63, 3.8) is 0 Å². The largest absolute Gasteiger partial charge is 0.465 e. The molecule has 1 saturated carbocycles. The second kappa shape index (κ2) is 5.33. The van der Waals surface area contributed by atoms with Gasteiger partial charge in [0.25, 0.3) is 0 Å². The molecule has 0 aromatic carbocycles. The quantitative estimate of drug-likeness (QED) is 0.767. The molecule has 0 spiro atoms. The average molecular weight is 249 g/mol. The molecule has 0 radical (unpaired) electrons. The highest BCUT2D eigenvalue weighted by Crippen LogP contribution is 2.33. The number of hydrogen-bond donors (Lipinski definition) is 0. The van der Waals surface area contributed by atoms with Crippen LogP contribution < -0.4 is 4.90 Å². The number of anilines is 1. The van der Waals surface area contributed by atoms with Crippen LogP contribution in [0.1, 0.15) is 47.8 Å². The van der Waals surface area contributed by atoms with Crippen molar-refractivity contribution in [3.8, 4) is 0 Å². The van der Waals surface area contributed by atoms with Gasteiger partial charge in [-0.3, -0.25) is 0 Å². The molecule has 0 saturated heterocycles. The van der Waals surface area contributed by atoms with Gasteiger partial charge in [-0.25, -0.2) is 14.8 Å². The van der Waals surface area contributed by atoms with E-state index in [9.17, 15) is 4.79 Å². The van der Waals surface area contributed by atoms with Crippen LogP contribution in [0.2, 0.25) is 0 Å². The van der Waals surface area contributed by atoms with Crippen molar-refractivity contribution in [1.29, 1.82) is 0 Å². The lowest BCUT2D eigenvalue weighted by atomic mass is 10.1. The summed E-state index contributed by atoms with van der Waals surface area (Å²) in [5, 5.41) is 0.